The minimum absolute atomic E-state index is 0.0308. The van der Waals surface area contributed by atoms with Gasteiger partial charge in [0.05, 0.1) is 37.9 Å². The third-order valence-corrected chi connectivity index (χ3v) is 6.33. The van der Waals surface area contributed by atoms with Gasteiger partial charge in [-0.2, -0.15) is 0 Å². The molecule has 2 aliphatic heterocycles. The lowest BCUT2D eigenvalue weighted by molar-refractivity contribution is -0.169. The van der Waals surface area contributed by atoms with E-state index in [0.717, 1.165) is 19.4 Å². The molecule has 3 fully saturated rings. The first kappa shape index (κ1) is 21.5. The molecule has 28 heavy (non-hydrogen) atoms. The van der Waals surface area contributed by atoms with E-state index in [1.54, 1.807) is 4.90 Å². The lowest BCUT2D eigenvalue weighted by Crippen LogP contribution is -2.57. The van der Waals surface area contributed by atoms with Gasteiger partial charge in [0.15, 0.2) is 0 Å². The second kappa shape index (κ2) is 10.6. The summed E-state index contributed by atoms with van der Waals surface area (Å²) < 4.78 is 11.8. The van der Waals surface area contributed by atoms with Gasteiger partial charge in [-0.1, -0.05) is 26.2 Å². The number of aliphatic hydroxyl groups excluding tert-OH is 1. The topological polar surface area (TPSA) is 88.1 Å². The van der Waals surface area contributed by atoms with E-state index >= 15 is 0 Å². The first-order valence-corrected chi connectivity index (χ1v) is 11.0. The maximum absolute atomic E-state index is 12.4. The third kappa shape index (κ3) is 5.91. The van der Waals surface area contributed by atoms with Gasteiger partial charge in [-0.25, -0.2) is 0 Å². The molecule has 7 heteroatoms. The maximum Gasteiger partial charge on any atom is 0.222 e. The Labute approximate surface area is 168 Å². The average molecular weight is 397 g/mol. The molecule has 4 atom stereocenters. The number of fused-ring (bicyclic) bond motifs is 1. The Balaban J connectivity index is 1.50. The van der Waals surface area contributed by atoms with Crippen LogP contribution in [0.5, 0.6) is 0 Å². The van der Waals surface area contributed by atoms with Crippen molar-refractivity contribution in [2.24, 2.45) is 5.92 Å². The minimum atomic E-state index is -0.667. The van der Waals surface area contributed by atoms with Crippen LogP contribution in [-0.4, -0.2) is 72.5 Å². The van der Waals surface area contributed by atoms with Gasteiger partial charge in [0.2, 0.25) is 11.8 Å². The Kier molecular flexibility index (Phi) is 8.11. The standard InChI is InChI=1S/C21H36N2O5/c1-2-21(26)23-12-16(24)13-27-14-19-18(23)9-8-17(28-19)10-20(25)22-11-15-6-4-3-5-7-15/h15-19,24H,2-14H2,1H3,(H,22,25)/t16-,17+,18-,19+/m1/s1. The van der Waals surface area contributed by atoms with Gasteiger partial charge in [-0.3, -0.25) is 9.59 Å². The lowest BCUT2D eigenvalue weighted by Gasteiger charge is -2.44. The van der Waals surface area contributed by atoms with Gasteiger partial charge in [-0.05, 0) is 31.6 Å². The predicted octanol–water partition coefficient (Wildman–Crippen LogP) is 1.62. The van der Waals surface area contributed by atoms with Gasteiger partial charge in [0, 0.05) is 19.5 Å². The summed E-state index contributed by atoms with van der Waals surface area (Å²) in [6.07, 6.45) is 7.53. The van der Waals surface area contributed by atoms with Crippen molar-refractivity contribution in [3.8, 4) is 0 Å². The number of hydrogen-bond donors (Lipinski definition) is 2. The third-order valence-electron chi connectivity index (χ3n) is 6.33. The molecule has 7 nitrogen and oxygen atoms in total. The summed E-state index contributed by atoms with van der Waals surface area (Å²) >= 11 is 0. The maximum atomic E-state index is 12.4. The number of nitrogens with one attached hydrogen (secondary N) is 1. The second-order valence-corrected chi connectivity index (χ2v) is 8.54. The fourth-order valence-corrected chi connectivity index (χ4v) is 4.76. The van der Waals surface area contributed by atoms with Crippen molar-refractivity contribution in [2.45, 2.75) is 89.1 Å². The van der Waals surface area contributed by atoms with E-state index in [1.165, 1.54) is 32.1 Å². The van der Waals surface area contributed by atoms with Crippen LogP contribution < -0.4 is 5.32 Å². The van der Waals surface area contributed by atoms with Crippen molar-refractivity contribution < 1.29 is 24.2 Å². The molecule has 0 bridgehead atoms. The molecule has 2 amide bonds. The van der Waals surface area contributed by atoms with Gasteiger partial charge in [0.25, 0.3) is 0 Å². The molecule has 1 aliphatic carbocycles. The molecule has 2 heterocycles. The van der Waals surface area contributed by atoms with Crippen LogP contribution in [0.25, 0.3) is 0 Å². The van der Waals surface area contributed by atoms with Crippen molar-refractivity contribution in [1.29, 1.82) is 0 Å². The largest absolute Gasteiger partial charge is 0.389 e. The molecule has 0 aromatic heterocycles. The molecule has 160 valence electrons. The summed E-state index contributed by atoms with van der Waals surface area (Å²) in [7, 11) is 0. The lowest BCUT2D eigenvalue weighted by atomic mass is 9.89. The number of ether oxygens (including phenoxy) is 2. The molecule has 2 saturated heterocycles. The predicted molar refractivity (Wildman–Crippen MR) is 105 cm³/mol. The van der Waals surface area contributed by atoms with E-state index in [1.807, 2.05) is 6.92 Å². The Hall–Kier alpha value is -1.18. The summed E-state index contributed by atoms with van der Waals surface area (Å²) in [6.45, 7) is 3.44. The van der Waals surface area contributed by atoms with Crippen molar-refractivity contribution >= 4 is 11.8 Å². The van der Waals surface area contributed by atoms with E-state index < -0.39 is 6.10 Å². The van der Waals surface area contributed by atoms with Crippen molar-refractivity contribution in [1.82, 2.24) is 10.2 Å². The smallest absolute Gasteiger partial charge is 0.222 e. The first-order valence-electron chi connectivity index (χ1n) is 11.0. The summed E-state index contributed by atoms with van der Waals surface area (Å²) in [5.74, 6) is 0.703. The van der Waals surface area contributed by atoms with Crippen LogP contribution in [0.15, 0.2) is 0 Å². The number of hydrogen-bond acceptors (Lipinski definition) is 5. The highest BCUT2D eigenvalue weighted by molar-refractivity contribution is 5.77. The van der Waals surface area contributed by atoms with E-state index in [2.05, 4.69) is 5.32 Å². The molecule has 3 aliphatic rings. The van der Waals surface area contributed by atoms with Crippen LogP contribution in [0.2, 0.25) is 0 Å². The Morgan fingerprint density at radius 1 is 1.11 bits per heavy atom. The molecular formula is C21H36N2O5. The van der Waals surface area contributed by atoms with E-state index in [0.29, 0.717) is 25.4 Å². The van der Waals surface area contributed by atoms with E-state index in [-0.39, 0.29) is 43.2 Å². The number of aliphatic hydroxyl groups is 1. The Morgan fingerprint density at radius 3 is 2.64 bits per heavy atom. The zero-order chi connectivity index (χ0) is 19.9. The van der Waals surface area contributed by atoms with Gasteiger partial charge in [0.1, 0.15) is 6.10 Å². The number of nitrogens with zero attached hydrogens (tertiary/aromatic N) is 1. The van der Waals surface area contributed by atoms with Crippen LogP contribution in [0.3, 0.4) is 0 Å². The van der Waals surface area contributed by atoms with Crippen molar-refractivity contribution in [2.75, 3.05) is 26.3 Å². The number of carbonyl (C=O) groups is 2. The molecule has 0 spiro atoms. The average Bonchev–Trinajstić information content (AvgIpc) is 2.70. The highest BCUT2D eigenvalue weighted by Gasteiger charge is 2.39. The van der Waals surface area contributed by atoms with E-state index in [9.17, 15) is 14.7 Å². The van der Waals surface area contributed by atoms with E-state index in [4.69, 9.17) is 9.47 Å². The molecule has 0 radical (unpaired) electrons. The number of β-amino-alcohol motifs (C(OH)–C–C–N with tert-alkyl or cyclic N) is 1. The normalized spacial score (nSPS) is 32.1. The quantitative estimate of drug-likeness (QED) is 0.737. The van der Waals surface area contributed by atoms with Crippen LogP contribution >= 0.6 is 0 Å². The highest BCUT2D eigenvalue weighted by atomic mass is 16.5. The Morgan fingerprint density at radius 2 is 1.89 bits per heavy atom. The fourth-order valence-electron chi connectivity index (χ4n) is 4.76. The van der Waals surface area contributed by atoms with Gasteiger partial charge >= 0.3 is 0 Å². The van der Waals surface area contributed by atoms with Crippen LogP contribution in [0, 0.1) is 5.92 Å². The van der Waals surface area contributed by atoms with Crippen molar-refractivity contribution in [3.63, 3.8) is 0 Å². The monoisotopic (exact) mass is 396 g/mol. The summed E-state index contributed by atoms with van der Waals surface area (Å²) in [4.78, 5) is 26.5. The molecular weight excluding hydrogens is 360 g/mol. The molecule has 0 aromatic rings. The van der Waals surface area contributed by atoms with Crippen molar-refractivity contribution in [3.05, 3.63) is 0 Å². The summed E-state index contributed by atoms with van der Waals surface area (Å²) in [5, 5.41) is 13.1. The van der Waals surface area contributed by atoms with Crippen LogP contribution in [-0.2, 0) is 19.1 Å². The summed E-state index contributed by atoms with van der Waals surface area (Å²) in [5.41, 5.74) is 0. The Bertz CT molecular complexity index is 523. The molecule has 3 rings (SSSR count). The molecule has 0 aromatic carbocycles. The van der Waals surface area contributed by atoms with Gasteiger partial charge in [-0.15, -0.1) is 0 Å². The molecule has 2 N–H and O–H groups in total. The van der Waals surface area contributed by atoms with Crippen LogP contribution in [0.1, 0.15) is 64.7 Å². The zero-order valence-corrected chi connectivity index (χ0v) is 17.1. The first-order chi connectivity index (χ1) is 13.6. The van der Waals surface area contributed by atoms with Gasteiger partial charge < -0.3 is 24.8 Å². The number of carbonyl (C=O) groups excluding carboxylic acids is 2. The highest BCUT2D eigenvalue weighted by Crippen LogP contribution is 2.28. The number of amides is 2. The minimum Gasteiger partial charge on any atom is -0.389 e. The number of rotatable bonds is 5. The van der Waals surface area contributed by atoms with Crippen LogP contribution in [0.4, 0.5) is 0 Å². The SMILES string of the molecule is CCC(=O)N1C[C@@H](O)COC[C@@H]2O[C@H](CC(=O)NCC3CCCCC3)CC[C@H]21. The zero-order valence-electron chi connectivity index (χ0n) is 17.1. The second-order valence-electron chi connectivity index (χ2n) is 8.54. The fraction of sp³-hybridized carbons (Fsp3) is 0.905. The molecule has 0 unspecified atom stereocenters. The summed E-state index contributed by atoms with van der Waals surface area (Å²) in [6, 6.07) is -0.0936. The molecule has 1 saturated carbocycles.